The van der Waals surface area contributed by atoms with E-state index in [2.05, 4.69) is 9.97 Å². The molecular weight excluding hydrogens is 334 g/mol. The summed E-state index contributed by atoms with van der Waals surface area (Å²) < 4.78 is 0. The summed E-state index contributed by atoms with van der Waals surface area (Å²) in [7, 11) is 0. The number of aromatic nitrogens is 2. The quantitative estimate of drug-likeness (QED) is 0.416. The second-order valence-corrected chi connectivity index (χ2v) is 5.68. The number of non-ortho nitro benzene ring substituents is 1. The van der Waals surface area contributed by atoms with Gasteiger partial charge in [0.15, 0.2) is 0 Å². The zero-order valence-corrected chi connectivity index (χ0v) is 13.0. The highest BCUT2D eigenvalue weighted by Crippen LogP contribution is 2.34. The van der Waals surface area contributed by atoms with Gasteiger partial charge >= 0.3 is 5.97 Å². The van der Waals surface area contributed by atoms with E-state index in [0.717, 1.165) is 0 Å². The molecule has 0 spiro atoms. The molecule has 2 aromatic heterocycles. The molecule has 0 aliphatic heterocycles. The highest BCUT2D eigenvalue weighted by molar-refractivity contribution is 6.29. The summed E-state index contributed by atoms with van der Waals surface area (Å²) in [6, 6.07) is 7.75. The van der Waals surface area contributed by atoms with Crippen LogP contribution in [0.25, 0.3) is 10.9 Å². The number of aromatic amines is 1. The van der Waals surface area contributed by atoms with Gasteiger partial charge in [0.2, 0.25) is 0 Å². The number of carbonyl (C=O) groups is 1. The lowest BCUT2D eigenvalue weighted by atomic mass is 9.89. The Bertz CT molecular complexity index is 921. The van der Waals surface area contributed by atoms with Gasteiger partial charge in [0.05, 0.1) is 11.3 Å². The van der Waals surface area contributed by atoms with Crippen molar-refractivity contribution < 1.29 is 14.8 Å². The van der Waals surface area contributed by atoms with Gasteiger partial charge in [-0.25, -0.2) is 4.98 Å². The maximum Gasteiger partial charge on any atom is 0.304 e. The number of nitrogens with one attached hydrogen (secondary N) is 1. The van der Waals surface area contributed by atoms with Crippen molar-refractivity contribution in [1.29, 1.82) is 0 Å². The minimum absolute atomic E-state index is 0.0494. The van der Waals surface area contributed by atoms with E-state index in [1.807, 2.05) is 0 Å². The Morgan fingerprint density at radius 1 is 1.38 bits per heavy atom. The van der Waals surface area contributed by atoms with Crippen molar-refractivity contribution in [3.63, 3.8) is 0 Å². The maximum absolute atomic E-state index is 11.3. The number of hydrogen-bond acceptors (Lipinski definition) is 4. The average Bonchev–Trinajstić information content (AvgIpc) is 2.96. The fourth-order valence-corrected chi connectivity index (χ4v) is 2.82. The summed E-state index contributed by atoms with van der Waals surface area (Å²) in [6.45, 7) is 0. The minimum atomic E-state index is -0.977. The Labute approximate surface area is 141 Å². The zero-order valence-electron chi connectivity index (χ0n) is 12.3. The van der Waals surface area contributed by atoms with Gasteiger partial charge in [0, 0.05) is 41.3 Å². The predicted molar refractivity (Wildman–Crippen MR) is 88.3 cm³/mol. The molecule has 0 saturated heterocycles. The fraction of sp³-hybridized carbons (Fsp3) is 0.125. The van der Waals surface area contributed by atoms with Gasteiger partial charge in [-0.3, -0.25) is 14.9 Å². The van der Waals surface area contributed by atoms with E-state index < -0.39 is 16.8 Å². The molecule has 3 aromatic rings. The molecule has 0 fully saturated rings. The summed E-state index contributed by atoms with van der Waals surface area (Å²) in [5.41, 5.74) is 1.99. The largest absolute Gasteiger partial charge is 0.481 e. The molecule has 122 valence electrons. The van der Waals surface area contributed by atoms with E-state index in [1.165, 1.54) is 18.3 Å². The van der Waals surface area contributed by atoms with E-state index in [4.69, 9.17) is 11.6 Å². The molecular formula is C16H12ClN3O4. The number of carboxylic acid groups (broad SMARTS) is 1. The SMILES string of the molecule is O=C(O)CC(c1ccc(Cl)nc1)c1c[nH]c2ccc([N+](=O)[O-])cc12. The van der Waals surface area contributed by atoms with Gasteiger partial charge in [0.1, 0.15) is 5.15 Å². The first kappa shape index (κ1) is 15.9. The lowest BCUT2D eigenvalue weighted by Gasteiger charge is -2.14. The number of nitrogens with zero attached hydrogens (tertiary/aromatic N) is 2. The minimum Gasteiger partial charge on any atom is -0.481 e. The molecule has 0 amide bonds. The van der Waals surface area contributed by atoms with E-state index in [-0.39, 0.29) is 12.1 Å². The number of hydrogen-bond donors (Lipinski definition) is 2. The number of nitro groups is 1. The number of fused-ring (bicyclic) bond motifs is 1. The number of halogens is 1. The van der Waals surface area contributed by atoms with Crippen LogP contribution in [0.2, 0.25) is 5.15 Å². The molecule has 8 heteroatoms. The van der Waals surface area contributed by atoms with Crippen LogP contribution in [0.15, 0.2) is 42.7 Å². The Balaban J connectivity index is 2.15. The van der Waals surface area contributed by atoms with Crippen LogP contribution < -0.4 is 0 Å². The molecule has 24 heavy (non-hydrogen) atoms. The summed E-state index contributed by atoms with van der Waals surface area (Å²) in [4.78, 5) is 28.8. The third-order valence-corrected chi connectivity index (χ3v) is 4.04. The second kappa shape index (κ2) is 6.29. The van der Waals surface area contributed by atoms with Crippen LogP contribution >= 0.6 is 11.6 Å². The van der Waals surface area contributed by atoms with Crippen LogP contribution in [0.3, 0.4) is 0 Å². The van der Waals surface area contributed by atoms with Gasteiger partial charge < -0.3 is 10.1 Å². The summed E-state index contributed by atoms with van der Waals surface area (Å²) in [5, 5.41) is 21.2. The number of rotatable bonds is 5. The maximum atomic E-state index is 11.3. The van der Waals surface area contributed by atoms with Gasteiger partial charge in [-0.15, -0.1) is 0 Å². The second-order valence-electron chi connectivity index (χ2n) is 5.30. The molecule has 3 rings (SSSR count). The van der Waals surface area contributed by atoms with E-state index in [0.29, 0.717) is 27.2 Å². The molecule has 0 aliphatic rings. The third kappa shape index (κ3) is 3.07. The number of nitro benzene ring substituents is 1. The Morgan fingerprint density at radius 3 is 2.79 bits per heavy atom. The Hall–Kier alpha value is -2.93. The zero-order chi connectivity index (χ0) is 17.3. The van der Waals surface area contributed by atoms with Crippen LogP contribution in [0.4, 0.5) is 5.69 Å². The first-order valence-electron chi connectivity index (χ1n) is 7.04. The van der Waals surface area contributed by atoms with Crippen molar-refractivity contribution in [2.24, 2.45) is 0 Å². The summed E-state index contributed by atoms with van der Waals surface area (Å²) in [5.74, 6) is -1.47. The molecule has 1 unspecified atom stereocenters. The molecule has 0 aliphatic carbocycles. The van der Waals surface area contributed by atoms with Gasteiger partial charge in [0.25, 0.3) is 5.69 Å². The van der Waals surface area contributed by atoms with Gasteiger partial charge in [-0.1, -0.05) is 17.7 Å². The topological polar surface area (TPSA) is 109 Å². The predicted octanol–water partition coefficient (Wildman–Crippen LogP) is 3.73. The standard InChI is InChI=1S/C16H12ClN3O4/c17-15-4-1-9(7-19-15)11(6-16(21)22)13-8-18-14-3-2-10(20(23)24)5-12(13)14/h1-5,7-8,11,18H,6H2,(H,21,22). The van der Waals surface area contributed by atoms with Crippen LogP contribution in [0.1, 0.15) is 23.5 Å². The van der Waals surface area contributed by atoms with Crippen molar-refractivity contribution >= 4 is 34.2 Å². The van der Waals surface area contributed by atoms with Crippen molar-refractivity contribution in [1.82, 2.24) is 9.97 Å². The molecule has 0 saturated carbocycles. The van der Waals surface area contributed by atoms with Crippen LogP contribution in [-0.2, 0) is 4.79 Å². The number of carboxylic acids is 1. The first-order chi connectivity index (χ1) is 11.5. The molecule has 1 aromatic carbocycles. The van der Waals surface area contributed by atoms with E-state index >= 15 is 0 Å². The number of benzene rings is 1. The summed E-state index contributed by atoms with van der Waals surface area (Å²) in [6.07, 6.45) is 3.03. The van der Waals surface area contributed by atoms with Crippen LogP contribution in [-0.4, -0.2) is 26.0 Å². The monoisotopic (exact) mass is 345 g/mol. The van der Waals surface area contributed by atoms with Crippen LogP contribution in [0, 0.1) is 10.1 Å². The number of aliphatic carboxylic acids is 1. The van der Waals surface area contributed by atoms with Crippen molar-refractivity contribution in [3.05, 3.63) is 69.1 Å². The highest BCUT2D eigenvalue weighted by atomic mass is 35.5. The summed E-state index contributed by atoms with van der Waals surface area (Å²) >= 11 is 5.79. The van der Waals surface area contributed by atoms with Crippen molar-refractivity contribution in [2.75, 3.05) is 0 Å². The molecule has 0 radical (unpaired) electrons. The van der Waals surface area contributed by atoms with Gasteiger partial charge in [-0.2, -0.15) is 0 Å². The fourth-order valence-electron chi connectivity index (χ4n) is 2.71. The van der Waals surface area contributed by atoms with Gasteiger partial charge in [-0.05, 0) is 23.3 Å². The normalized spacial score (nSPS) is 12.2. The third-order valence-electron chi connectivity index (χ3n) is 3.81. The Kier molecular flexibility index (Phi) is 4.18. The molecule has 2 heterocycles. The molecule has 7 nitrogen and oxygen atoms in total. The van der Waals surface area contributed by atoms with E-state index in [1.54, 1.807) is 24.4 Å². The van der Waals surface area contributed by atoms with Crippen molar-refractivity contribution in [3.8, 4) is 0 Å². The lowest BCUT2D eigenvalue weighted by Crippen LogP contribution is -2.08. The smallest absolute Gasteiger partial charge is 0.304 e. The highest BCUT2D eigenvalue weighted by Gasteiger charge is 2.22. The van der Waals surface area contributed by atoms with Crippen molar-refractivity contribution in [2.45, 2.75) is 12.3 Å². The van der Waals surface area contributed by atoms with Crippen LogP contribution in [0.5, 0.6) is 0 Å². The Morgan fingerprint density at radius 2 is 2.17 bits per heavy atom. The number of pyridine rings is 1. The molecule has 0 bridgehead atoms. The first-order valence-corrected chi connectivity index (χ1v) is 7.42. The molecule has 2 N–H and O–H groups in total. The number of H-pyrrole nitrogens is 1. The molecule has 1 atom stereocenters. The van der Waals surface area contributed by atoms with E-state index in [9.17, 15) is 20.0 Å². The lowest BCUT2D eigenvalue weighted by molar-refractivity contribution is -0.384. The average molecular weight is 346 g/mol.